The molecule has 0 radical (unpaired) electrons. The number of carbonyl (C=O) groups is 1. The minimum Gasteiger partial charge on any atom is -0.506 e. The van der Waals surface area contributed by atoms with Gasteiger partial charge in [-0.05, 0) is 44.1 Å². The van der Waals surface area contributed by atoms with Gasteiger partial charge in [-0.25, -0.2) is 0 Å². The largest absolute Gasteiger partial charge is 0.506 e. The molecule has 1 unspecified atom stereocenters. The van der Waals surface area contributed by atoms with Crippen LogP contribution in [-0.4, -0.2) is 54.5 Å². The first-order chi connectivity index (χ1) is 8.97. The van der Waals surface area contributed by atoms with E-state index < -0.39 is 0 Å². The molecule has 2 rings (SSSR count). The zero-order chi connectivity index (χ0) is 14.0. The van der Waals surface area contributed by atoms with Crippen LogP contribution in [0.4, 0.5) is 0 Å². The summed E-state index contributed by atoms with van der Waals surface area (Å²) in [5.41, 5.74) is 0.511. The van der Waals surface area contributed by atoms with Gasteiger partial charge in [0.25, 0.3) is 5.91 Å². The van der Waals surface area contributed by atoms with Gasteiger partial charge >= 0.3 is 0 Å². The molecular formula is C14H19ClN2O2. The second-order valence-electron chi connectivity index (χ2n) is 5.27. The number of hydrogen-bond donors (Lipinski definition) is 1. The minimum absolute atomic E-state index is 0.00159. The van der Waals surface area contributed by atoms with Crippen molar-refractivity contribution in [3.05, 3.63) is 28.8 Å². The van der Waals surface area contributed by atoms with Gasteiger partial charge < -0.3 is 14.9 Å². The summed E-state index contributed by atoms with van der Waals surface area (Å²) in [6.07, 6.45) is 1.13. The Morgan fingerprint density at radius 1 is 1.58 bits per heavy atom. The summed E-state index contributed by atoms with van der Waals surface area (Å²) in [5, 5.41) is 9.57. The Labute approximate surface area is 118 Å². The quantitative estimate of drug-likeness (QED) is 0.923. The molecule has 1 aromatic rings. The molecule has 1 amide bonds. The van der Waals surface area contributed by atoms with Crippen molar-refractivity contribution in [2.45, 2.75) is 6.42 Å². The molecule has 1 fully saturated rings. The molecule has 5 heteroatoms. The van der Waals surface area contributed by atoms with Gasteiger partial charge in [0.1, 0.15) is 5.75 Å². The van der Waals surface area contributed by atoms with E-state index in [4.69, 9.17) is 11.6 Å². The molecule has 1 aliphatic rings. The van der Waals surface area contributed by atoms with E-state index in [1.807, 2.05) is 0 Å². The Morgan fingerprint density at radius 3 is 2.89 bits per heavy atom. The van der Waals surface area contributed by atoms with Gasteiger partial charge in [-0.2, -0.15) is 0 Å². The molecule has 0 aromatic heterocycles. The maximum absolute atomic E-state index is 12.2. The number of hydrogen-bond acceptors (Lipinski definition) is 3. The lowest BCUT2D eigenvalue weighted by Gasteiger charge is -2.21. The predicted octanol–water partition coefficient (Wildman–Crippen LogP) is 2.07. The number of nitrogens with zero attached hydrogens (tertiary/aromatic N) is 2. The summed E-state index contributed by atoms with van der Waals surface area (Å²) < 4.78 is 0. The van der Waals surface area contributed by atoms with Crippen molar-refractivity contribution in [3.8, 4) is 5.75 Å². The van der Waals surface area contributed by atoms with Crippen molar-refractivity contribution in [2.75, 3.05) is 33.7 Å². The fourth-order valence-corrected chi connectivity index (χ4v) is 2.69. The van der Waals surface area contributed by atoms with Gasteiger partial charge in [-0.3, -0.25) is 4.79 Å². The van der Waals surface area contributed by atoms with E-state index in [0.29, 0.717) is 11.5 Å². The van der Waals surface area contributed by atoms with E-state index in [1.165, 1.54) is 12.1 Å². The highest BCUT2D eigenvalue weighted by molar-refractivity contribution is 6.32. The average molecular weight is 283 g/mol. The second kappa shape index (κ2) is 5.80. The number of benzene rings is 1. The number of likely N-dealkylation sites (tertiary alicyclic amines) is 1. The molecule has 1 heterocycles. The number of phenolic OH excluding ortho intramolecular Hbond substituents is 1. The van der Waals surface area contributed by atoms with Crippen LogP contribution in [0.2, 0.25) is 5.02 Å². The lowest BCUT2D eigenvalue weighted by molar-refractivity contribution is 0.0774. The maximum Gasteiger partial charge on any atom is 0.253 e. The molecule has 19 heavy (non-hydrogen) atoms. The topological polar surface area (TPSA) is 43.8 Å². The van der Waals surface area contributed by atoms with Gasteiger partial charge in [0.15, 0.2) is 0 Å². The fourth-order valence-electron chi connectivity index (χ4n) is 2.51. The van der Waals surface area contributed by atoms with Crippen LogP contribution in [0.25, 0.3) is 0 Å². The van der Waals surface area contributed by atoms with E-state index >= 15 is 0 Å². The molecule has 0 aliphatic carbocycles. The summed E-state index contributed by atoms with van der Waals surface area (Å²) in [7, 11) is 3.91. The molecule has 1 N–H and O–H groups in total. The zero-order valence-corrected chi connectivity index (χ0v) is 12.0. The first kappa shape index (κ1) is 14.2. The van der Waals surface area contributed by atoms with E-state index in [-0.39, 0.29) is 16.7 Å². The highest BCUT2D eigenvalue weighted by atomic mass is 35.5. The van der Waals surface area contributed by atoms with Crippen LogP contribution in [-0.2, 0) is 0 Å². The number of carbonyl (C=O) groups excluding carboxylic acids is 1. The Bertz CT molecular complexity index is 479. The van der Waals surface area contributed by atoms with Gasteiger partial charge in [-0.15, -0.1) is 0 Å². The van der Waals surface area contributed by atoms with Gasteiger partial charge in [-0.1, -0.05) is 11.6 Å². The Hall–Kier alpha value is -1.26. The number of aromatic hydroxyl groups is 1. The lowest BCUT2D eigenvalue weighted by Crippen LogP contribution is -2.32. The molecule has 0 saturated carbocycles. The summed E-state index contributed by atoms with van der Waals surface area (Å²) in [6, 6.07) is 4.56. The van der Waals surface area contributed by atoms with Crippen molar-refractivity contribution in [1.82, 2.24) is 9.80 Å². The maximum atomic E-state index is 12.2. The molecule has 0 bridgehead atoms. The predicted molar refractivity (Wildman–Crippen MR) is 75.7 cm³/mol. The SMILES string of the molecule is CN1CCC(CN(C)C(=O)c2ccc(O)c(Cl)c2)C1. The van der Waals surface area contributed by atoms with Crippen LogP contribution in [0.1, 0.15) is 16.8 Å². The van der Waals surface area contributed by atoms with Gasteiger partial charge in [0.2, 0.25) is 0 Å². The van der Waals surface area contributed by atoms with Crippen molar-refractivity contribution >= 4 is 17.5 Å². The third kappa shape index (κ3) is 3.39. The van der Waals surface area contributed by atoms with Crippen LogP contribution in [0.15, 0.2) is 18.2 Å². The average Bonchev–Trinajstić information content (AvgIpc) is 2.77. The Morgan fingerprint density at radius 2 is 2.32 bits per heavy atom. The zero-order valence-electron chi connectivity index (χ0n) is 11.3. The van der Waals surface area contributed by atoms with Crippen LogP contribution < -0.4 is 0 Å². The van der Waals surface area contributed by atoms with Crippen molar-refractivity contribution < 1.29 is 9.90 Å². The van der Waals surface area contributed by atoms with Crippen molar-refractivity contribution in [2.24, 2.45) is 5.92 Å². The first-order valence-electron chi connectivity index (χ1n) is 6.40. The van der Waals surface area contributed by atoms with Gasteiger partial charge in [0.05, 0.1) is 5.02 Å². The lowest BCUT2D eigenvalue weighted by atomic mass is 10.1. The third-order valence-electron chi connectivity index (χ3n) is 3.56. The summed E-state index contributed by atoms with van der Waals surface area (Å²) in [4.78, 5) is 16.3. The standard InChI is InChI=1S/C14H19ClN2O2/c1-16-6-5-10(8-16)9-17(2)14(19)11-3-4-13(18)12(15)7-11/h3-4,7,10,18H,5-6,8-9H2,1-2H3. The van der Waals surface area contributed by atoms with Crippen molar-refractivity contribution in [1.29, 1.82) is 0 Å². The normalized spacial score (nSPS) is 19.6. The van der Waals surface area contributed by atoms with Crippen LogP contribution in [0.5, 0.6) is 5.75 Å². The summed E-state index contributed by atoms with van der Waals surface area (Å²) >= 11 is 5.82. The monoisotopic (exact) mass is 282 g/mol. The van der Waals surface area contributed by atoms with Crippen LogP contribution in [0.3, 0.4) is 0 Å². The summed E-state index contributed by atoms with van der Waals surface area (Å²) in [5.74, 6) is 0.473. The molecule has 104 valence electrons. The molecular weight excluding hydrogens is 264 g/mol. The van der Waals surface area contributed by atoms with E-state index in [1.54, 1.807) is 18.0 Å². The minimum atomic E-state index is -0.0588. The molecule has 1 saturated heterocycles. The van der Waals surface area contributed by atoms with Crippen LogP contribution in [0, 0.1) is 5.92 Å². The fraction of sp³-hybridized carbons (Fsp3) is 0.500. The number of amides is 1. The number of halogens is 1. The molecule has 1 aromatic carbocycles. The third-order valence-corrected chi connectivity index (χ3v) is 3.87. The first-order valence-corrected chi connectivity index (χ1v) is 6.77. The van der Waals surface area contributed by atoms with E-state index in [0.717, 1.165) is 26.1 Å². The number of rotatable bonds is 3. The molecule has 1 atom stereocenters. The Kier molecular flexibility index (Phi) is 4.32. The molecule has 4 nitrogen and oxygen atoms in total. The molecule has 1 aliphatic heterocycles. The highest BCUT2D eigenvalue weighted by Crippen LogP contribution is 2.24. The smallest absolute Gasteiger partial charge is 0.253 e. The second-order valence-corrected chi connectivity index (χ2v) is 5.68. The van der Waals surface area contributed by atoms with E-state index in [2.05, 4.69) is 11.9 Å². The Balaban J connectivity index is 2.00. The highest BCUT2D eigenvalue weighted by Gasteiger charge is 2.23. The van der Waals surface area contributed by atoms with Crippen molar-refractivity contribution in [3.63, 3.8) is 0 Å². The summed E-state index contributed by atoms with van der Waals surface area (Å²) in [6.45, 7) is 2.88. The van der Waals surface area contributed by atoms with E-state index in [9.17, 15) is 9.90 Å². The molecule has 0 spiro atoms. The van der Waals surface area contributed by atoms with Crippen LogP contribution >= 0.6 is 11.6 Å². The number of phenols is 1. The van der Waals surface area contributed by atoms with Gasteiger partial charge in [0, 0.05) is 25.7 Å².